The van der Waals surface area contributed by atoms with Gasteiger partial charge in [0.1, 0.15) is 0 Å². The van der Waals surface area contributed by atoms with Crippen molar-refractivity contribution in [1.29, 1.82) is 0 Å². The number of rotatable bonds is 4. The second kappa shape index (κ2) is 5.66. The van der Waals surface area contributed by atoms with Crippen LogP contribution in [0.2, 0.25) is 0 Å². The van der Waals surface area contributed by atoms with E-state index >= 15 is 0 Å². The number of thiophene rings is 1. The predicted octanol–water partition coefficient (Wildman–Crippen LogP) is 3.46. The Balaban J connectivity index is 1.68. The van der Waals surface area contributed by atoms with E-state index in [-0.39, 0.29) is 0 Å². The molecule has 0 radical (unpaired) electrons. The zero-order chi connectivity index (χ0) is 10.5. The minimum atomic E-state index is 0.777. The molecule has 1 aromatic rings. The van der Waals surface area contributed by atoms with Crippen LogP contribution in [0.5, 0.6) is 0 Å². The lowest BCUT2D eigenvalue weighted by Crippen LogP contribution is -2.38. The van der Waals surface area contributed by atoms with Crippen molar-refractivity contribution in [3.63, 3.8) is 0 Å². The summed E-state index contributed by atoms with van der Waals surface area (Å²) in [5, 5.41) is 5.88. The maximum absolute atomic E-state index is 3.72. The molecule has 0 aliphatic heterocycles. The number of nitrogens with one attached hydrogen (secondary N) is 1. The van der Waals surface area contributed by atoms with Gasteiger partial charge in [-0.3, -0.25) is 0 Å². The minimum Gasteiger partial charge on any atom is -0.313 e. The topological polar surface area (TPSA) is 12.0 Å². The van der Waals surface area contributed by atoms with E-state index in [1.165, 1.54) is 37.0 Å². The molecule has 2 rings (SSSR count). The molecule has 1 saturated carbocycles. The first-order valence-corrected chi connectivity index (χ1v) is 7.00. The van der Waals surface area contributed by atoms with E-state index in [9.17, 15) is 0 Å². The van der Waals surface area contributed by atoms with Crippen molar-refractivity contribution >= 4 is 11.3 Å². The van der Waals surface area contributed by atoms with Gasteiger partial charge >= 0.3 is 0 Å². The first kappa shape index (κ1) is 11.2. The van der Waals surface area contributed by atoms with Gasteiger partial charge in [0.15, 0.2) is 0 Å². The molecule has 1 nitrogen and oxygen atoms in total. The van der Waals surface area contributed by atoms with Gasteiger partial charge in [-0.05, 0) is 36.6 Å². The van der Waals surface area contributed by atoms with Crippen molar-refractivity contribution in [1.82, 2.24) is 5.32 Å². The van der Waals surface area contributed by atoms with Crippen LogP contribution in [0.1, 0.15) is 37.5 Å². The minimum absolute atomic E-state index is 0.777. The first-order valence-electron chi connectivity index (χ1n) is 6.12. The summed E-state index contributed by atoms with van der Waals surface area (Å²) in [4.78, 5) is 1.51. The molecule has 0 spiro atoms. The third-order valence-electron chi connectivity index (χ3n) is 3.47. The van der Waals surface area contributed by atoms with E-state index in [1.54, 1.807) is 0 Å². The molecule has 1 aliphatic carbocycles. The summed E-state index contributed by atoms with van der Waals surface area (Å²) in [6.45, 7) is 3.54. The van der Waals surface area contributed by atoms with Gasteiger partial charge in [-0.1, -0.05) is 25.8 Å². The van der Waals surface area contributed by atoms with Crippen LogP contribution in [-0.4, -0.2) is 12.6 Å². The summed E-state index contributed by atoms with van der Waals surface area (Å²) in [5.41, 5.74) is 0. The summed E-state index contributed by atoms with van der Waals surface area (Å²) in [6, 6.07) is 5.15. The number of hydrogen-bond acceptors (Lipinski definition) is 2. The van der Waals surface area contributed by atoms with Gasteiger partial charge in [0.25, 0.3) is 0 Å². The molecule has 1 heterocycles. The molecule has 15 heavy (non-hydrogen) atoms. The zero-order valence-electron chi connectivity index (χ0n) is 9.54. The van der Waals surface area contributed by atoms with Crippen molar-refractivity contribution in [3.05, 3.63) is 22.4 Å². The molecule has 0 amide bonds. The second-order valence-electron chi connectivity index (χ2n) is 4.65. The maximum Gasteiger partial charge on any atom is 0.00928 e. The molecule has 2 atom stereocenters. The Morgan fingerprint density at radius 2 is 2.27 bits per heavy atom. The summed E-state index contributed by atoms with van der Waals surface area (Å²) in [6.07, 6.45) is 6.84. The standard InChI is InChI=1S/C13H21NS/c1-11-5-2-3-7-13(11)14-9-8-12-6-4-10-15-12/h4,6,10-11,13-14H,2-3,5,7-9H2,1H3/t11-,13-/m1/s1. The smallest absolute Gasteiger partial charge is 0.00928 e. The Morgan fingerprint density at radius 1 is 1.40 bits per heavy atom. The van der Waals surface area contributed by atoms with Gasteiger partial charge in [-0.15, -0.1) is 11.3 Å². The van der Waals surface area contributed by atoms with E-state index in [4.69, 9.17) is 0 Å². The SMILES string of the molecule is C[C@@H]1CCCC[C@H]1NCCc1cccs1. The molecule has 0 saturated heterocycles. The van der Waals surface area contributed by atoms with Crippen LogP contribution in [0.15, 0.2) is 17.5 Å². The average molecular weight is 223 g/mol. The van der Waals surface area contributed by atoms with Crippen molar-refractivity contribution in [2.45, 2.75) is 45.1 Å². The van der Waals surface area contributed by atoms with Crippen LogP contribution in [0.25, 0.3) is 0 Å². The Kier molecular flexibility index (Phi) is 4.21. The Labute approximate surface area is 96.9 Å². The van der Waals surface area contributed by atoms with E-state index in [2.05, 4.69) is 29.8 Å². The Morgan fingerprint density at radius 3 is 3.00 bits per heavy atom. The van der Waals surface area contributed by atoms with E-state index in [1.807, 2.05) is 11.3 Å². The summed E-state index contributed by atoms with van der Waals surface area (Å²) >= 11 is 1.87. The second-order valence-corrected chi connectivity index (χ2v) is 5.68. The van der Waals surface area contributed by atoms with Crippen LogP contribution in [0.3, 0.4) is 0 Å². The zero-order valence-corrected chi connectivity index (χ0v) is 10.4. The van der Waals surface area contributed by atoms with Crippen LogP contribution >= 0.6 is 11.3 Å². The summed E-state index contributed by atoms with van der Waals surface area (Å²) in [5.74, 6) is 0.877. The predicted molar refractivity (Wildman–Crippen MR) is 67.4 cm³/mol. The van der Waals surface area contributed by atoms with Crippen LogP contribution in [0.4, 0.5) is 0 Å². The fourth-order valence-corrected chi connectivity index (χ4v) is 3.16. The highest BCUT2D eigenvalue weighted by Gasteiger charge is 2.19. The third-order valence-corrected chi connectivity index (χ3v) is 4.41. The van der Waals surface area contributed by atoms with E-state index < -0.39 is 0 Å². The fourth-order valence-electron chi connectivity index (χ4n) is 2.46. The fraction of sp³-hybridized carbons (Fsp3) is 0.692. The molecule has 2 heteroatoms. The molecule has 84 valence electrons. The van der Waals surface area contributed by atoms with E-state index in [0.29, 0.717) is 0 Å². The van der Waals surface area contributed by atoms with Gasteiger partial charge in [0.2, 0.25) is 0 Å². The molecule has 1 aromatic heterocycles. The van der Waals surface area contributed by atoms with Crippen LogP contribution in [0, 0.1) is 5.92 Å². The molecule has 0 aromatic carbocycles. The molecule has 1 fully saturated rings. The quantitative estimate of drug-likeness (QED) is 0.824. The summed E-state index contributed by atoms with van der Waals surface area (Å²) in [7, 11) is 0. The monoisotopic (exact) mass is 223 g/mol. The lowest BCUT2D eigenvalue weighted by atomic mass is 9.86. The molecule has 1 N–H and O–H groups in total. The van der Waals surface area contributed by atoms with Crippen molar-refractivity contribution in [3.8, 4) is 0 Å². The van der Waals surface area contributed by atoms with Crippen LogP contribution < -0.4 is 5.32 Å². The lowest BCUT2D eigenvalue weighted by Gasteiger charge is -2.29. The summed E-state index contributed by atoms with van der Waals surface area (Å²) < 4.78 is 0. The molecular formula is C13H21NS. The Hall–Kier alpha value is -0.340. The van der Waals surface area contributed by atoms with Crippen molar-refractivity contribution in [2.75, 3.05) is 6.54 Å². The largest absolute Gasteiger partial charge is 0.313 e. The van der Waals surface area contributed by atoms with Crippen molar-refractivity contribution < 1.29 is 0 Å². The average Bonchev–Trinajstić information content (AvgIpc) is 2.74. The van der Waals surface area contributed by atoms with Crippen LogP contribution in [-0.2, 0) is 6.42 Å². The highest BCUT2D eigenvalue weighted by molar-refractivity contribution is 7.09. The van der Waals surface area contributed by atoms with Gasteiger partial charge in [0, 0.05) is 17.5 Å². The maximum atomic E-state index is 3.72. The van der Waals surface area contributed by atoms with Gasteiger partial charge < -0.3 is 5.32 Å². The first-order chi connectivity index (χ1) is 7.36. The third kappa shape index (κ3) is 3.32. The molecular weight excluding hydrogens is 202 g/mol. The highest BCUT2D eigenvalue weighted by atomic mass is 32.1. The normalized spacial score (nSPS) is 26.7. The molecule has 0 unspecified atom stereocenters. The Bertz CT molecular complexity index is 268. The van der Waals surface area contributed by atoms with Gasteiger partial charge in [-0.25, -0.2) is 0 Å². The van der Waals surface area contributed by atoms with Crippen molar-refractivity contribution in [2.24, 2.45) is 5.92 Å². The van der Waals surface area contributed by atoms with E-state index in [0.717, 1.165) is 18.5 Å². The van der Waals surface area contributed by atoms with Gasteiger partial charge in [-0.2, -0.15) is 0 Å². The molecule has 0 bridgehead atoms. The highest BCUT2D eigenvalue weighted by Crippen LogP contribution is 2.23. The lowest BCUT2D eigenvalue weighted by molar-refractivity contribution is 0.282. The number of hydrogen-bond donors (Lipinski definition) is 1. The van der Waals surface area contributed by atoms with Gasteiger partial charge in [0.05, 0.1) is 0 Å². The molecule has 1 aliphatic rings.